The Morgan fingerprint density at radius 1 is 1.47 bits per heavy atom. The van der Waals surface area contributed by atoms with E-state index in [2.05, 4.69) is 6.92 Å². The fraction of sp³-hybridized carbons (Fsp3) is 0.909. The number of nitrogens with two attached hydrogens (primary N) is 1. The van der Waals surface area contributed by atoms with Crippen LogP contribution in [-0.2, 0) is 4.79 Å². The Balaban J connectivity index is 0.00000324. The second-order valence-corrected chi connectivity index (χ2v) is 4.78. The lowest BCUT2D eigenvalue weighted by atomic mass is 9.91. The zero-order valence-electron chi connectivity index (χ0n) is 10.9. The monoisotopic (exact) mass is 303 g/mol. The van der Waals surface area contributed by atoms with Crippen LogP contribution in [0.5, 0.6) is 0 Å². The van der Waals surface area contributed by atoms with Crippen molar-refractivity contribution in [2.45, 2.75) is 32.0 Å². The first-order valence-electron chi connectivity index (χ1n) is 6.11. The molecular weight excluding hydrogens is 283 g/mol. The van der Waals surface area contributed by atoms with Gasteiger partial charge >= 0.3 is 6.18 Å². The van der Waals surface area contributed by atoms with Crippen LogP contribution in [0.4, 0.5) is 13.2 Å². The highest BCUT2D eigenvalue weighted by Crippen LogP contribution is 2.22. The molecular formula is C11H21ClF3N3O. The van der Waals surface area contributed by atoms with E-state index in [0.29, 0.717) is 19.0 Å². The molecule has 0 aliphatic carbocycles. The quantitative estimate of drug-likeness (QED) is 0.819. The van der Waals surface area contributed by atoms with Crippen molar-refractivity contribution in [3.8, 4) is 0 Å². The highest BCUT2D eigenvalue weighted by Gasteiger charge is 2.31. The predicted molar refractivity (Wildman–Crippen MR) is 69.1 cm³/mol. The van der Waals surface area contributed by atoms with Crippen molar-refractivity contribution >= 4 is 18.3 Å². The molecule has 4 nitrogen and oxygen atoms in total. The largest absolute Gasteiger partial charge is 0.405 e. The minimum absolute atomic E-state index is 0. The number of nitrogens with zero attached hydrogens (tertiary/aromatic N) is 1. The van der Waals surface area contributed by atoms with Gasteiger partial charge in [0.1, 0.15) is 6.54 Å². The smallest absolute Gasteiger partial charge is 0.346 e. The molecule has 1 amide bonds. The molecule has 114 valence electrons. The van der Waals surface area contributed by atoms with Crippen molar-refractivity contribution in [1.29, 1.82) is 0 Å². The number of alkyl halides is 3. The van der Waals surface area contributed by atoms with Crippen LogP contribution in [-0.4, -0.2) is 49.2 Å². The number of nitrogens with one attached hydrogen (secondary N) is 1. The Labute approximate surface area is 117 Å². The van der Waals surface area contributed by atoms with Gasteiger partial charge in [-0.15, -0.1) is 12.4 Å². The van der Waals surface area contributed by atoms with Gasteiger partial charge in [-0.2, -0.15) is 13.2 Å². The first-order chi connectivity index (χ1) is 8.33. The van der Waals surface area contributed by atoms with Crippen LogP contribution in [0, 0.1) is 5.92 Å². The van der Waals surface area contributed by atoms with Gasteiger partial charge in [0.05, 0.1) is 6.54 Å². The molecule has 1 aliphatic rings. The molecule has 19 heavy (non-hydrogen) atoms. The summed E-state index contributed by atoms with van der Waals surface area (Å²) in [5.74, 6) is -0.223. The number of halogens is 4. The SMILES string of the molecule is CC1CCCN(CC(=O)NCC(F)(F)F)C1CN.Cl. The average Bonchev–Trinajstić information content (AvgIpc) is 2.26. The Hall–Kier alpha value is -0.530. The number of carbonyl (C=O) groups excluding carboxylic acids is 1. The fourth-order valence-corrected chi connectivity index (χ4v) is 2.35. The molecule has 0 saturated carbocycles. The second-order valence-electron chi connectivity index (χ2n) is 4.78. The van der Waals surface area contributed by atoms with Crippen LogP contribution in [0.15, 0.2) is 0 Å². The predicted octanol–water partition coefficient (Wildman–Crippen LogP) is 1.15. The third kappa shape index (κ3) is 6.44. The molecule has 2 unspecified atom stereocenters. The maximum Gasteiger partial charge on any atom is 0.405 e. The molecule has 3 N–H and O–H groups in total. The van der Waals surface area contributed by atoms with Crippen LogP contribution in [0.25, 0.3) is 0 Å². The van der Waals surface area contributed by atoms with E-state index in [1.54, 1.807) is 0 Å². The number of carbonyl (C=O) groups is 1. The molecule has 1 saturated heterocycles. The van der Waals surface area contributed by atoms with Crippen LogP contribution < -0.4 is 11.1 Å². The summed E-state index contributed by atoms with van der Waals surface area (Å²) in [5, 5.41) is 1.88. The molecule has 2 atom stereocenters. The fourth-order valence-electron chi connectivity index (χ4n) is 2.35. The average molecular weight is 304 g/mol. The molecule has 0 aromatic heterocycles. The van der Waals surface area contributed by atoms with E-state index in [9.17, 15) is 18.0 Å². The van der Waals surface area contributed by atoms with E-state index in [-0.39, 0.29) is 25.0 Å². The van der Waals surface area contributed by atoms with Gasteiger partial charge in [-0.3, -0.25) is 9.69 Å². The van der Waals surface area contributed by atoms with Gasteiger partial charge in [0, 0.05) is 12.6 Å². The zero-order valence-corrected chi connectivity index (χ0v) is 11.7. The van der Waals surface area contributed by atoms with Crippen LogP contribution in [0.3, 0.4) is 0 Å². The summed E-state index contributed by atoms with van der Waals surface area (Å²) >= 11 is 0. The summed E-state index contributed by atoms with van der Waals surface area (Å²) in [5.41, 5.74) is 5.65. The molecule has 0 radical (unpaired) electrons. The van der Waals surface area contributed by atoms with E-state index in [0.717, 1.165) is 12.8 Å². The van der Waals surface area contributed by atoms with Gasteiger partial charge in [0.2, 0.25) is 5.91 Å². The van der Waals surface area contributed by atoms with Crippen molar-refractivity contribution in [2.24, 2.45) is 11.7 Å². The number of hydrogen-bond acceptors (Lipinski definition) is 3. The zero-order chi connectivity index (χ0) is 13.8. The number of hydrogen-bond donors (Lipinski definition) is 2. The summed E-state index contributed by atoms with van der Waals surface area (Å²) in [6.07, 6.45) is -2.37. The second kappa shape index (κ2) is 7.91. The van der Waals surface area contributed by atoms with Crippen LogP contribution >= 0.6 is 12.4 Å². The molecule has 8 heteroatoms. The first-order valence-corrected chi connectivity index (χ1v) is 6.11. The van der Waals surface area contributed by atoms with Crippen molar-refractivity contribution in [3.05, 3.63) is 0 Å². The lowest BCUT2D eigenvalue weighted by Gasteiger charge is -2.38. The van der Waals surface area contributed by atoms with E-state index in [1.165, 1.54) is 0 Å². The molecule has 0 aromatic carbocycles. The van der Waals surface area contributed by atoms with Crippen molar-refractivity contribution in [1.82, 2.24) is 10.2 Å². The highest BCUT2D eigenvalue weighted by atomic mass is 35.5. The van der Waals surface area contributed by atoms with E-state index in [1.807, 2.05) is 10.2 Å². The van der Waals surface area contributed by atoms with Crippen molar-refractivity contribution in [2.75, 3.05) is 26.2 Å². The number of amides is 1. The minimum Gasteiger partial charge on any atom is -0.346 e. The van der Waals surface area contributed by atoms with Gasteiger partial charge < -0.3 is 11.1 Å². The van der Waals surface area contributed by atoms with Crippen molar-refractivity contribution < 1.29 is 18.0 Å². The Morgan fingerprint density at radius 2 is 2.11 bits per heavy atom. The lowest BCUT2D eigenvalue weighted by Crippen LogP contribution is -2.52. The van der Waals surface area contributed by atoms with E-state index >= 15 is 0 Å². The van der Waals surface area contributed by atoms with Gasteiger partial charge in [-0.05, 0) is 25.3 Å². The minimum atomic E-state index is -4.36. The summed E-state index contributed by atoms with van der Waals surface area (Å²) in [7, 11) is 0. The summed E-state index contributed by atoms with van der Waals surface area (Å²) in [6, 6.07) is 0.0791. The highest BCUT2D eigenvalue weighted by molar-refractivity contribution is 5.85. The first kappa shape index (κ1) is 18.5. The van der Waals surface area contributed by atoms with Gasteiger partial charge in [-0.1, -0.05) is 6.92 Å². The van der Waals surface area contributed by atoms with Gasteiger partial charge in [0.15, 0.2) is 0 Å². The molecule has 0 aromatic rings. The number of likely N-dealkylation sites (tertiary alicyclic amines) is 1. The van der Waals surface area contributed by atoms with E-state index in [4.69, 9.17) is 5.73 Å². The van der Waals surface area contributed by atoms with Gasteiger partial charge in [-0.25, -0.2) is 0 Å². The van der Waals surface area contributed by atoms with Crippen molar-refractivity contribution in [3.63, 3.8) is 0 Å². The van der Waals surface area contributed by atoms with E-state index < -0.39 is 18.6 Å². The Kier molecular flexibility index (Phi) is 7.69. The summed E-state index contributed by atoms with van der Waals surface area (Å²) < 4.78 is 35.9. The maximum absolute atomic E-state index is 12.0. The summed E-state index contributed by atoms with van der Waals surface area (Å²) in [4.78, 5) is 13.3. The number of rotatable bonds is 4. The lowest BCUT2D eigenvalue weighted by molar-refractivity contribution is -0.139. The van der Waals surface area contributed by atoms with Gasteiger partial charge in [0.25, 0.3) is 0 Å². The molecule has 1 fully saturated rings. The molecule has 1 heterocycles. The molecule has 0 spiro atoms. The molecule has 0 bridgehead atoms. The molecule has 1 rings (SSSR count). The Morgan fingerprint density at radius 3 is 2.63 bits per heavy atom. The normalized spacial score (nSPS) is 24.7. The number of piperidine rings is 1. The third-order valence-electron chi connectivity index (χ3n) is 3.30. The molecule has 1 aliphatic heterocycles. The standard InChI is InChI=1S/C11H20F3N3O.ClH/c1-8-3-2-4-17(9(8)5-15)6-10(18)16-7-11(12,13)14;/h8-9H,2-7,15H2,1H3,(H,16,18);1H. The van der Waals surface area contributed by atoms with Crippen LogP contribution in [0.2, 0.25) is 0 Å². The Bertz CT molecular complexity index is 289. The van der Waals surface area contributed by atoms with Crippen LogP contribution in [0.1, 0.15) is 19.8 Å². The third-order valence-corrected chi connectivity index (χ3v) is 3.30. The summed E-state index contributed by atoms with van der Waals surface area (Å²) in [6.45, 7) is 1.90. The maximum atomic E-state index is 12.0. The topological polar surface area (TPSA) is 58.4 Å².